The summed E-state index contributed by atoms with van der Waals surface area (Å²) in [5, 5.41) is 6.89. The fourth-order valence-electron chi connectivity index (χ4n) is 1.46. The van der Waals surface area contributed by atoms with Gasteiger partial charge in [0.05, 0.1) is 11.8 Å². The molecular formula is C11H15N5O. The summed E-state index contributed by atoms with van der Waals surface area (Å²) < 4.78 is 5.45. The largest absolute Gasteiger partial charge is 0.474 e. The molecule has 0 spiro atoms. The number of pyridine rings is 1. The van der Waals surface area contributed by atoms with E-state index >= 15 is 0 Å². The maximum absolute atomic E-state index is 5.78. The molecule has 0 unspecified atom stereocenters. The van der Waals surface area contributed by atoms with Crippen LogP contribution in [-0.2, 0) is 0 Å². The van der Waals surface area contributed by atoms with Gasteiger partial charge in [-0.2, -0.15) is 0 Å². The van der Waals surface area contributed by atoms with E-state index in [2.05, 4.69) is 15.2 Å². The maximum Gasteiger partial charge on any atom is 0.233 e. The van der Waals surface area contributed by atoms with Gasteiger partial charge in [-0.25, -0.2) is 4.98 Å². The summed E-state index contributed by atoms with van der Waals surface area (Å²) in [6.07, 6.45) is 0.0769. The summed E-state index contributed by atoms with van der Waals surface area (Å²) in [7, 11) is 0. The Kier molecular flexibility index (Phi) is 2.86. The highest BCUT2D eigenvalue weighted by Crippen LogP contribution is 2.26. The molecule has 2 aromatic heterocycles. The normalized spacial score (nSPS) is 10.8. The molecule has 0 aliphatic heterocycles. The quantitative estimate of drug-likeness (QED) is 0.744. The third-order valence-corrected chi connectivity index (χ3v) is 2.15. The van der Waals surface area contributed by atoms with Gasteiger partial charge in [0.2, 0.25) is 5.88 Å². The van der Waals surface area contributed by atoms with Crippen molar-refractivity contribution in [2.45, 2.75) is 20.0 Å². The Morgan fingerprint density at radius 1 is 1.29 bits per heavy atom. The van der Waals surface area contributed by atoms with E-state index in [0.29, 0.717) is 17.5 Å². The van der Waals surface area contributed by atoms with Crippen LogP contribution in [0.2, 0.25) is 0 Å². The van der Waals surface area contributed by atoms with Crippen molar-refractivity contribution in [1.29, 1.82) is 0 Å². The average Bonchev–Trinajstić information content (AvgIpc) is 2.65. The van der Waals surface area contributed by atoms with E-state index < -0.39 is 0 Å². The molecule has 0 aliphatic carbocycles. The molecule has 5 N–H and O–H groups in total. The van der Waals surface area contributed by atoms with E-state index in [1.165, 1.54) is 0 Å². The molecule has 0 saturated heterocycles. The lowest BCUT2D eigenvalue weighted by Gasteiger charge is -2.04. The summed E-state index contributed by atoms with van der Waals surface area (Å²) in [5.41, 5.74) is 12.8. The zero-order valence-electron chi connectivity index (χ0n) is 9.77. The number of ether oxygens (including phenoxy) is 1. The molecule has 0 saturated carbocycles. The maximum atomic E-state index is 5.78. The number of hydrogen-bond donors (Lipinski definition) is 3. The first-order valence-electron chi connectivity index (χ1n) is 5.30. The number of nitrogens with two attached hydrogens (primary N) is 2. The third kappa shape index (κ3) is 2.47. The molecule has 0 amide bonds. The SMILES string of the molecule is CC(C)Oc1cc(-c2ccc(N)nc2N)[nH]n1. The lowest BCUT2D eigenvalue weighted by molar-refractivity contribution is 0.232. The van der Waals surface area contributed by atoms with Gasteiger partial charge >= 0.3 is 0 Å². The molecule has 0 atom stereocenters. The Hall–Kier alpha value is -2.24. The van der Waals surface area contributed by atoms with Gasteiger partial charge < -0.3 is 16.2 Å². The monoisotopic (exact) mass is 233 g/mol. The van der Waals surface area contributed by atoms with Crippen molar-refractivity contribution in [2.75, 3.05) is 11.5 Å². The number of anilines is 2. The lowest BCUT2D eigenvalue weighted by atomic mass is 10.2. The third-order valence-electron chi connectivity index (χ3n) is 2.15. The van der Waals surface area contributed by atoms with Crippen molar-refractivity contribution >= 4 is 11.6 Å². The van der Waals surface area contributed by atoms with E-state index in [9.17, 15) is 0 Å². The van der Waals surface area contributed by atoms with Crippen LogP contribution in [0.15, 0.2) is 18.2 Å². The van der Waals surface area contributed by atoms with Crippen LogP contribution in [0.25, 0.3) is 11.3 Å². The number of nitrogens with one attached hydrogen (secondary N) is 1. The first kappa shape index (κ1) is 11.3. The summed E-state index contributed by atoms with van der Waals surface area (Å²) in [4.78, 5) is 3.99. The fraction of sp³-hybridized carbons (Fsp3) is 0.273. The molecule has 90 valence electrons. The van der Waals surface area contributed by atoms with Crippen LogP contribution in [0.5, 0.6) is 5.88 Å². The van der Waals surface area contributed by atoms with Crippen molar-refractivity contribution < 1.29 is 4.74 Å². The number of aromatic nitrogens is 3. The van der Waals surface area contributed by atoms with Crippen LogP contribution in [-0.4, -0.2) is 21.3 Å². The van der Waals surface area contributed by atoms with Crippen molar-refractivity contribution in [3.8, 4) is 17.1 Å². The zero-order valence-corrected chi connectivity index (χ0v) is 9.77. The zero-order chi connectivity index (χ0) is 12.4. The predicted octanol–water partition coefficient (Wildman–Crippen LogP) is 1.42. The second-order valence-electron chi connectivity index (χ2n) is 3.96. The number of hydrogen-bond acceptors (Lipinski definition) is 5. The second-order valence-corrected chi connectivity index (χ2v) is 3.96. The highest BCUT2D eigenvalue weighted by molar-refractivity contribution is 5.72. The van der Waals surface area contributed by atoms with E-state index in [-0.39, 0.29) is 6.10 Å². The van der Waals surface area contributed by atoms with Crippen LogP contribution in [0.1, 0.15) is 13.8 Å². The van der Waals surface area contributed by atoms with E-state index in [1.54, 1.807) is 18.2 Å². The number of nitrogen functional groups attached to an aromatic ring is 2. The van der Waals surface area contributed by atoms with Gasteiger partial charge in [-0.05, 0) is 26.0 Å². The average molecular weight is 233 g/mol. The molecule has 0 aliphatic rings. The molecule has 0 aromatic carbocycles. The minimum atomic E-state index is 0.0769. The van der Waals surface area contributed by atoms with Gasteiger partial charge in [-0.1, -0.05) is 0 Å². The molecule has 17 heavy (non-hydrogen) atoms. The van der Waals surface area contributed by atoms with Crippen LogP contribution in [0, 0.1) is 0 Å². The number of H-pyrrole nitrogens is 1. The van der Waals surface area contributed by atoms with Crippen molar-refractivity contribution in [3.63, 3.8) is 0 Å². The van der Waals surface area contributed by atoms with Crippen molar-refractivity contribution in [1.82, 2.24) is 15.2 Å². The first-order chi connectivity index (χ1) is 8.06. The number of aromatic amines is 1. The molecule has 2 rings (SSSR count). The number of rotatable bonds is 3. The van der Waals surface area contributed by atoms with E-state index in [0.717, 1.165) is 11.3 Å². The highest BCUT2D eigenvalue weighted by atomic mass is 16.5. The van der Waals surface area contributed by atoms with Crippen molar-refractivity contribution in [3.05, 3.63) is 18.2 Å². The Bertz CT molecular complexity index is 520. The Morgan fingerprint density at radius 2 is 2.06 bits per heavy atom. The van der Waals surface area contributed by atoms with Crippen molar-refractivity contribution in [2.24, 2.45) is 0 Å². The van der Waals surface area contributed by atoms with E-state index in [4.69, 9.17) is 16.2 Å². The van der Waals surface area contributed by atoms with Crippen LogP contribution < -0.4 is 16.2 Å². The summed E-state index contributed by atoms with van der Waals surface area (Å²) in [6.45, 7) is 3.88. The van der Waals surface area contributed by atoms with Crippen LogP contribution in [0.4, 0.5) is 11.6 Å². The molecular weight excluding hydrogens is 218 g/mol. The van der Waals surface area contributed by atoms with Gasteiger partial charge in [-0.3, -0.25) is 5.10 Å². The summed E-state index contributed by atoms with van der Waals surface area (Å²) >= 11 is 0. The molecule has 0 radical (unpaired) electrons. The van der Waals surface area contributed by atoms with Gasteiger partial charge in [0.25, 0.3) is 0 Å². The minimum absolute atomic E-state index is 0.0769. The smallest absolute Gasteiger partial charge is 0.233 e. The lowest BCUT2D eigenvalue weighted by Crippen LogP contribution is -2.05. The Balaban J connectivity index is 2.30. The highest BCUT2D eigenvalue weighted by Gasteiger charge is 2.09. The molecule has 2 heterocycles. The Morgan fingerprint density at radius 3 is 2.71 bits per heavy atom. The van der Waals surface area contributed by atoms with E-state index in [1.807, 2.05) is 13.8 Å². The standard InChI is InChI=1S/C11H15N5O/c1-6(2)17-10-5-8(15-16-10)7-3-4-9(12)14-11(7)13/h3-6H,1-2H3,(H,15,16)(H4,12,13,14). The van der Waals surface area contributed by atoms with Crippen LogP contribution >= 0.6 is 0 Å². The molecule has 6 heteroatoms. The minimum Gasteiger partial charge on any atom is -0.474 e. The molecule has 2 aromatic rings. The Labute approximate surface area is 99.0 Å². The fourth-order valence-corrected chi connectivity index (χ4v) is 1.46. The van der Waals surface area contributed by atoms with Gasteiger partial charge in [0.1, 0.15) is 11.6 Å². The van der Waals surface area contributed by atoms with Crippen LogP contribution in [0.3, 0.4) is 0 Å². The summed E-state index contributed by atoms with van der Waals surface area (Å²) in [5.74, 6) is 1.29. The number of nitrogens with zero attached hydrogens (tertiary/aromatic N) is 2. The second kappa shape index (κ2) is 4.32. The summed E-state index contributed by atoms with van der Waals surface area (Å²) in [6, 6.07) is 5.27. The predicted molar refractivity (Wildman–Crippen MR) is 66.4 cm³/mol. The molecule has 0 fully saturated rings. The van der Waals surface area contributed by atoms with Gasteiger partial charge in [0, 0.05) is 11.6 Å². The van der Waals surface area contributed by atoms with Gasteiger partial charge in [0.15, 0.2) is 0 Å². The molecule has 0 bridgehead atoms. The van der Waals surface area contributed by atoms with Gasteiger partial charge in [-0.15, -0.1) is 5.10 Å². The topological polar surface area (TPSA) is 103 Å². The molecule has 6 nitrogen and oxygen atoms in total. The first-order valence-corrected chi connectivity index (χ1v) is 5.30.